The maximum atomic E-state index is 11.9. The molecule has 0 spiro atoms. The summed E-state index contributed by atoms with van der Waals surface area (Å²) >= 11 is 0. The number of nitrogens with zero attached hydrogens (tertiary/aromatic N) is 1. The number of hydrogen-bond acceptors (Lipinski definition) is 5. The van der Waals surface area contributed by atoms with Crippen LogP contribution in [0.25, 0.3) is 0 Å². The Labute approximate surface area is 189 Å². The molecule has 0 radical (unpaired) electrons. The molecule has 31 heavy (non-hydrogen) atoms. The third kappa shape index (κ3) is 8.63. The van der Waals surface area contributed by atoms with Crippen molar-refractivity contribution in [2.45, 2.75) is 78.4 Å². The van der Waals surface area contributed by atoms with Crippen molar-refractivity contribution in [2.75, 3.05) is 13.1 Å². The van der Waals surface area contributed by atoms with Crippen molar-refractivity contribution in [2.24, 2.45) is 17.6 Å². The standard InChI is InChI=1S/C25H44N4O2/c1-7-13-23(29(31)20(6)8-2)22(9-3)18(4)16-27-17-19(5)28-24(25(26)30)21-14-11-10-12-15-21/h10-12,14-15,18,20,22-24,27-28,31H,5,7-9,13,16-17H2,1-4,6H3,(H2,26,30). The molecule has 0 saturated heterocycles. The van der Waals surface area contributed by atoms with E-state index in [2.05, 4.69) is 51.8 Å². The van der Waals surface area contributed by atoms with Gasteiger partial charge in [-0.3, -0.25) is 4.79 Å². The van der Waals surface area contributed by atoms with Crippen LogP contribution in [0.1, 0.15) is 71.9 Å². The quantitative estimate of drug-likeness (QED) is 0.294. The summed E-state index contributed by atoms with van der Waals surface area (Å²) in [7, 11) is 0. The van der Waals surface area contributed by atoms with Crippen LogP contribution >= 0.6 is 0 Å². The second-order valence-corrected chi connectivity index (χ2v) is 8.67. The van der Waals surface area contributed by atoms with Crippen LogP contribution in [0.4, 0.5) is 0 Å². The van der Waals surface area contributed by atoms with Crippen molar-refractivity contribution in [1.29, 1.82) is 0 Å². The fourth-order valence-corrected chi connectivity index (χ4v) is 4.23. The number of hydroxylamine groups is 2. The molecule has 5 atom stereocenters. The van der Waals surface area contributed by atoms with Gasteiger partial charge in [0.1, 0.15) is 6.04 Å². The number of carbonyl (C=O) groups excluding carboxylic acids is 1. The first-order valence-electron chi connectivity index (χ1n) is 11.7. The first-order valence-corrected chi connectivity index (χ1v) is 11.7. The van der Waals surface area contributed by atoms with E-state index >= 15 is 0 Å². The summed E-state index contributed by atoms with van der Waals surface area (Å²) in [5.74, 6) is 0.340. The van der Waals surface area contributed by atoms with Crippen LogP contribution in [0.15, 0.2) is 42.6 Å². The summed E-state index contributed by atoms with van der Waals surface area (Å²) in [6.07, 6.45) is 3.96. The van der Waals surface area contributed by atoms with Crippen LogP contribution in [0, 0.1) is 11.8 Å². The maximum Gasteiger partial charge on any atom is 0.244 e. The monoisotopic (exact) mass is 432 g/mol. The van der Waals surface area contributed by atoms with E-state index in [1.165, 1.54) is 0 Å². The van der Waals surface area contributed by atoms with Gasteiger partial charge < -0.3 is 21.6 Å². The van der Waals surface area contributed by atoms with E-state index in [0.717, 1.165) is 43.5 Å². The number of carbonyl (C=O) groups is 1. The van der Waals surface area contributed by atoms with Gasteiger partial charge >= 0.3 is 0 Å². The first kappa shape index (κ1) is 27.1. The molecular weight excluding hydrogens is 388 g/mol. The minimum Gasteiger partial charge on any atom is -0.373 e. The predicted molar refractivity (Wildman–Crippen MR) is 129 cm³/mol. The molecule has 6 nitrogen and oxygen atoms in total. The molecule has 176 valence electrons. The van der Waals surface area contributed by atoms with Gasteiger partial charge in [0.2, 0.25) is 5.91 Å². The van der Waals surface area contributed by atoms with Gasteiger partial charge in [-0.05, 0) is 43.7 Å². The van der Waals surface area contributed by atoms with Gasteiger partial charge in [0.25, 0.3) is 0 Å². The molecule has 1 amide bonds. The van der Waals surface area contributed by atoms with E-state index in [9.17, 15) is 10.0 Å². The highest BCUT2D eigenvalue weighted by Crippen LogP contribution is 2.27. The molecule has 0 saturated carbocycles. The van der Waals surface area contributed by atoms with Crippen molar-refractivity contribution in [3.8, 4) is 0 Å². The van der Waals surface area contributed by atoms with E-state index in [0.29, 0.717) is 18.4 Å². The Kier molecular flexibility index (Phi) is 12.5. The van der Waals surface area contributed by atoms with Crippen molar-refractivity contribution in [3.05, 3.63) is 48.2 Å². The molecule has 0 aliphatic carbocycles. The molecule has 0 aromatic heterocycles. The molecule has 1 rings (SSSR count). The van der Waals surface area contributed by atoms with Gasteiger partial charge in [-0.15, -0.1) is 0 Å². The van der Waals surface area contributed by atoms with E-state index in [-0.39, 0.29) is 12.1 Å². The number of primary amides is 1. The summed E-state index contributed by atoms with van der Waals surface area (Å²) in [6, 6.07) is 9.15. The largest absolute Gasteiger partial charge is 0.373 e. The van der Waals surface area contributed by atoms with E-state index in [4.69, 9.17) is 5.73 Å². The van der Waals surface area contributed by atoms with Crippen LogP contribution in [0.2, 0.25) is 0 Å². The Morgan fingerprint density at radius 3 is 2.32 bits per heavy atom. The fraction of sp³-hybridized carbons (Fsp3) is 0.640. The molecule has 5 unspecified atom stereocenters. The number of nitrogens with two attached hydrogens (primary N) is 1. The number of amides is 1. The zero-order valence-electron chi connectivity index (χ0n) is 20.1. The zero-order chi connectivity index (χ0) is 23.4. The molecular formula is C25H44N4O2. The van der Waals surface area contributed by atoms with Crippen molar-refractivity contribution in [3.63, 3.8) is 0 Å². The van der Waals surface area contributed by atoms with E-state index in [1.807, 2.05) is 30.3 Å². The molecule has 0 heterocycles. The molecule has 1 aromatic rings. The van der Waals surface area contributed by atoms with Gasteiger partial charge in [-0.2, -0.15) is 5.06 Å². The lowest BCUT2D eigenvalue weighted by molar-refractivity contribution is -0.176. The Bertz CT molecular complexity index is 652. The van der Waals surface area contributed by atoms with Crippen molar-refractivity contribution < 1.29 is 10.0 Å². The maximum absolute atomic E-state index is 11.9. The smallest absolute Gasteiger partial charge is 0.244 e. The van der Waals surface area contributed by atoms with Crippen molar-refractivity contribution >= 4 is 5.91 Å². The third-order valence-electron chi connectivity index (χ3n) is 6.23. The normalized spacial score (nSPS) is 16.4. The third-order valence-corrected chi connectivity index (χ3v) is 6.23. The summed E-state index contributed by atoms with van der Waals surface area (Å²) in [5.41, 5.74) is 7.13. The second kappa shape index (κ2) is 14.2. The fourth-order valence-electron chi connectivity index (χ4n) is 4.23. The number of benzene rings is 1. The Morgan fingerprint density at radius 1 is 1.16 bits per heavy atom. The van der Waals surface area contributed by atoms with Gasteiger partial charge in [-0.25, -0.2) is 0 Å². The average Bonchev–Trinajstić information content (AvgIpc) is 2.76. The minimum absolute atomic E-state index is 0.151. The molecule has 0 aliphatic rings. The van der Waals surface area contributed by atoms with Gasteiger partial charge in [0, 0.05) is 24.3 Å². The summed E-state index contributed by atoms with van der Waals surface area (Å²) in [5, 5.41) is 19.0. The second-order valence-electron chi connectivity index (χ2n) is 8.67. The molecule has 0 fully saturated rings. The van der Waals surface area contributed by atoms with E-state index < -0.39 is 11.9 Å². The van der Waals surface area contributed by atoms with Crippen LogP contribution in [-0.2, 0) is 4.79 Å². The lowest BCUT2D eigenvalue weighted by atomic mass is 9.82. The number of rotatable bonds is 16. The molecule has 0 aliphatic heterocycles. The predicted octanol–water partition coefficient (Wildman–Crippen LogP) is 4.23. The topological polar surface area (TPSA) is 90.6 Å². The molecule has 6 heteroatoms. The lowest BCUT2D eigenvalue weighted by Gasteiger charge is -2.38. The minimum atomic E-state index is -0.594. The lowest BCUT2D eigenvalue weighted by Crippen LogP contribution is -2.46. The summed E-state index contributed by atoms with van der Waals surface area (Å²) < 4.78 is 0. The average molecular weight is 433 g/mol. The summed E-state index contributed by atoms with van der Waals surface area (Å²) in [4.78, 5) is 11.9. The van der Waals surface area contributed by atoms with Crippen LogP contribution in [0.3, 0.4) is 0 Å². The Hall–Kier alpha value is -1.89. The zero-order valence-corrected chi connectivity index (χ0v) is 20.1. The van der Waals surface area contributed by atoms with Crippen LogP contribution in [-0.4, -0.2) is 41.4 Å². The number of nitrogens with one attached hydrogen (secondary N) is 2. The summed E-state index contributed by atoms with van der Waals surface area (Å²) in [6.45, 7) is 16.2. The van der Waals surface area contributed by atoms with Gasteiger partial charge in [0.05, 0.1) is 0 Å². The molecule has 0 bridgehead atoms. The van der Waals surface area contributed by atoms with Crippen LogP contribution < -0.4 is 16.4 Å². The first-order chi connectivity index (χ1) is 14.8. The molecule has 5 N–H and O–H groups in total. The van der Waals surface area contributed by atoms with Gasteiger partial charge in [-0.1, -0.05) is 77.4 Å². The van der Waals surface area contributed by atoms with Crippen molar-refractivity contribution in [1.82, 2.24) is 15.7 Å². The highest BCUT2D eigenvalue weighted by molar-refractivity contribution is 5.81. The van der Waals surface area contributed by atoms with Gasteiger partial charge in [0.15, 0.2) is 0 Å². The highest BCUT2D eigenvalue weighted by Gasteiger charge is 2.31. The molecule has 1 aromatic carbocycles. The SMILES string of the molecule is C=C(CNCC(C)C(CC)C(CCC)N(O)C(C)CC)NC(C(N)=O)c1ccccc1. The number of hydrogen-bond donors (Lipinski definition) is 4. The van der Waals surface area contributed by atoms with Crippen LogP contribution in [0.5, 0.6) is 0 Å². The highest BCUT2D eigenvalue weighted by atomic mass is 16.5. The van der Waals surface area contributed by atoms with E-state index in [1.54, 1.807) is 5.06 Å². The Morgan fingerprint density at radius 2 is 1.81 bits per heavy atom. The Balaban J connectivity index is 2.65.